The van der Waals surface area contributed by atoms with Crippen molar-refractivity contribution in [3.8, 4) is 5.69 Å². The van der Waals surface area contributed by atoms with Gasteiger partial charge in [0.2, 0.25) is 0 Å². The van der Waals surface area contributed by atoms with Crippen molar-refractivity contribution in [3.05, 3.63) is 48.3 Å². The van der Waals surface area contributed by atoms with Crippen LogP contribution in [0.15, 0.2) is 42.7 Å². The van der Waals surface area contributed by atoms with Gasteiger partial charge in [-0.2, -0.15) is 16.9 Å². The molecule has 96 valence electrons. The Balaban J connectivity index is 1.88. The van der Waals surface area contributed by atoms with E-state index in [0.29, 0.717) is 6.04 Å². The van der Waals surface area contributed by atoms with Crippen LogP contribution in [0, 0.1) is 0 Å². The Bertz CT molecular complexity index is 450. The lowest BCUT2D eigenvalue weighted by atomic mass is 10.2. The van der Waals surface area contributed by atoms with Gasteiger partial charge < -0.3 is 5.73 Å². The Kier molecular flexibility index (Phi) is 4.84. The highest BCUT2D eigenvalue weighted by Gasteiger charge is 2.01. The predicted octanol–water partition coefficient (Wildman–Crippen LogP) is 2.84. The molecule has 1 heterocycles. The van der Waals surface area contributed by atoms with Crippen LogP contribution in [0.25, 0.3) is 5.69 Å². The minimum atomic E-state index is 0.318. The van der Waals surface area contributed by atoms with Crippen LogP contribution >= 0.6 is 11.8 Å². The standard InChI is InChI=1S/C14H19N3S/c1-2-13(15)11-18-10-12-4-6-14(7-5-12)17-9-3-8-16-17/h3-9,13H,2,10-11,15H2,1H3. The number of nitrogens with zero attached hydrogens (tertiary/aromatic N) is 2. The number of hydrogen-bond acceptors (Lipinski definition) is 3. The first-order valence-electron chi connectivity index (χ1n) is 6.22. The molecule has 1 aromatic heterocycles. The number of nitrogens with two attached hydrogens (primary N) is 1. The summed E-state index contributed by atoms with van der Waals surface area (Å²) in [6.45, 7) is 2.13. The average Bonchev–Trinajstić information content (AvgIpc) is 2.93. The molecule has 0 aliphatic rings. The van der Waals surface area contributed by atoms with Crippen LogP contribution in [-0.2, 0) is 5.75 Å². The van der Waals surface area contributed by atoms with E-state index in [-0.39, 0.29) is 0 Å². The second-order valence-corrected chi connectivity index (χ2v) is 5.33. The molecule has 3 nitrogen and oxygen atoms in total. The maximum Gasteiger partial charge on any atom is 0.0645 e. The van der Waals surface area contributed by atoms with Crippen LogP contribution in [0.3, 0.4) is 0 Å². The van der Waals surface area contributed by atoms with E-state index in [1.54, 1.807) is 6.20 Å². The molecule has 4 heteroatoms. The summed E-state index contributed by atoms with van der Waals surface area (Å²) < 4.78 is 1.86. The van der Waals surface area contributed by atoms with Crippen molar-refractivity contribution >= 4 is 11.8 Å². The molecule has 2 N–H and O–H groups in total. The Morgan fingerprint density at radius 3 is 2.72 bits per heavy atom. The highest BCUT2D eigenvalue weighted by atomic mass is 32.2. The number of benzene rings is 1. The SMILES string of the molecule is CCC(N)CSCc1ccc(-n2cccn2)cc1. The summed E-state index contributed by atoms with van der Waals surface area (Å²) >= 11 is 1.89. The fourth-order valence-electron chi connectivity index (χ4n) is 1.61. The fourth-order valence-corrected chi connectivity index (χ4v) is 2.70. The lowest BCUT2D eigenvalue weighted by Gasteiger charge is -2.08. The largest absolute Gasteiger partial charge is 0.327 e. The van der Waals surface area contributed by atoms with Crippen LogP contribution in [0.1, 0.15) is 18.9 Å². The summed E-state index contributed by atoms with van der Waals surface area (Å²) in [5.41, 5.74) is 8.32. The van der Waals surface area contributed by atoms with Gasteiger partial charge in [-0.15, -0.1) is 0 Å². The quantitative estimate of drug-likeness (QED) is 0.869. The lowest BCUT2D eigenvalue weighted by Crippen LogP contribution is -2.21. The summed E-state index contributed by atoms with van der Waals surface area (Å²) in [5, 5.41) is 4.21. The van der Waals surface area contributed by atoms with Crippen LogP contribution < -0.4 is 5.73 Å². The molecule has 2 aromatic rings. The van der Waals surface area contributed by atoms with E-state index in [9.17, 15) is 0 Å². The second kappa shape index (κ2) is 6.61. The third kappa shape index (κ3) is 3.62. The maximum absolute atomic E-state index is 5.89. The molecule has 0 fully saturated rings. The van der Waals surface area contributed by atoms with Gasteiger partial charge in [0.05, 0.1) is 5.69 Å². The first kappa shape index (κ1) is 13.2. The van der Waals surface area contributed by atoms with Crippen molar-refractivity contribution < 1.29 is 0 Å². The molecule has 0 amide bonds. The van der Waals surface area contributed by atoms with E-state index in [1.807, 2.05) is 28.7 Å². The summed E-state index contributed by atoms with van der Waals surface area (Å²) in [6, 6.07) is 10.8. The smallest absolute Gasteiger partial charge is 0.0645 e. The Hall–Kier alpha value is -1.26. The Labute approximate surface area is 112 Å². The van der Waals surface area contributed by atoms with E-state index in [1.165, 1.54) is 5.56 Å². The average molecular weight is 261 g/mol. The van der Waals surface area contributed by atoms with Gasteiger partial charge in [-0.05, 0) is 30.2 Å². The first-order valence-corrected chi connectivity index (χ1v) is 7.37. The molecular formula is C14H19N3S. The third-order valence-corrected chi connectivity index (χ3v) is 4.03. The molecule has 0 spiro atoms. The normalized spacial score (nSPS) is 12.6. The van der Waals surface area contributed by atoms with Crippen LogP contribution in [-0.4, -0.2) is 21.6 Å². The molecule has 0 saturated heterocycles. The second-order valence-electron chi connectivity index (χ2n) is 4.30. The van der Waals surface area contributed by atoms with Gasteiger partial charge in [0, 0.05) is 29.9 Å². The molecule has 0 radical (unpaired) electrons. The van der Waals surface area contributed by atoms with Gasteiger partial charge in [-0.25, -0.2) is 4.68 Å². The highest BCUT2D eigenvalue weighted by molar-refractivity contribution is 7.98. The Morgan fingerprint density at radius 1 is 1.33 bits per heavy atom. The van der Waals surface area contributed by atoms with Gasteiger partial charge in [0.25, 0.3) is 0 Å². The third-order valence-electron chi connectivity index (χ3n) is 2.83. The molecule has 18 heavy (non-hydrogen) atoms. The molecule has 1 atom stereocenters. The van der Waals surface area contributed by atoms with Crippen LogP contribution in [0.4, 0.5) is 0 Å². The van der Waals surface area contributed by atoms with Crippen molar-refractivity contribution in [2.75, 3.05) is 5.75 Å². The van der Waals surface area contributed by atoms with E-state index in [2.05, 4.69) is 36.3 Å². The van der Waals surface area contributed by atoms with Gasteiger partial charge in [-0.1, -0.05) is 19.1 Å². The van der Waals surface area contributed by atoms with Crippen molar-refractivity contribution in [1.29, 1.82) is 0 Å². The molecule has 0 bridgehead atoms. The summed E-state index contributed by atoms with van der Waals surface area (Å²) in [6.07, 6.45) is 4.78. The molecule has 2 rings (SSSR count). The molecule has 1 aromatic carbocycles. The topological polar surface area (TPSA) is 43.8 Å². The van der Waals surface area contributed by atoms with Crippen LogP contribution in [0.2, 0.25) is 0 Å². The molecule has 0 aliphatic heterocycles. The summed E-state index contributed by atoms with van der Waals surface area (Å²) in [7, 11) is 0. The number of thioether (sulfide) groups is 1. The minimum Gasteiger partial charge on any atom is -0.327 e. The minimum absolute atomic E-state index is 0.318. The van der Waals surface area contributed by atoms with Gasteiger partial charge >= 0.3 is 0 Å². The van der Waals surface area contributed by atoms with Crippen molar-refractivity contribution in [2.24, 2.45) is 5.73 Å². The zero-order valence-corrected chi connectivity index (χ0v) is 11.4. The summed E-state index contributed by atoms with van der Waals surface area (Å²) in [5.74, 6) is 2.05. The first-order chi connectivity index (χ1) is 8.79. The monoisotopic (exact) mass is 261 g/mol. The van der Waals surface area contributed by atoms with E-state index >= 15 is 0 Å². The fraction of sp³-hybridized carbons (Fsp3) is 0.357. The van der Waals surface area contributed by atoms with Crippen molar-refractivity contribution in [1.82, 2.24) is 9.78 Å². The number of aromatic nitrogens is 2. The molecule has 0 saturated carbocycles. The van der Waals surface area contributed by atoms with E-state index < -0.39 is 0 Å². The molecular weight excluding hydrogens is 242 g/mol. The predicted molar refractivity (Wildman–Crippen MR) is 78.0 cm³/mol. The highest BCUT2D eigenvalue weighted by Crippen LogP contribution is 2.15. The molecule has 1 unspecified atom stereocenters. The zero-order chi connectivity index (χ0) is 12.8. The van der Waals surface area contributed by atoms with Crippen LogP contribution in [0.5, 0.6) is 0 Å². The zero-order valence-electron chi connectivity index (χ0n) is 10.6. The van der Waals surface area contributed by atoms with Gasteiger partial charge in [-0.3, -0.25) is 0 Å². The number of rotatable bonds is 6. The maximum atomic E-state index is 5.89. The van der Waals surface area contributed by atoms with Gasteiger partial charge in [0.15, 0.2) is 0 Å². The lowest BCUT2D eigenvalue weighted by molar-refractivity contribution is 0.725. The van der Waals surface area contributed by atoms with E-state index in [0.717, 1.165) is 23.6 Å². The molecule has 0 aliphatic carbocycles. The Morgan fingerprint density at radius 2 is 2.11 bits per heavy atom. The van der Waals surface area contributed by atoms with E-state index in [4.69, 9.17) is 5.73 Å². The van der Waals surface area contributed by atoms with Crippen molar-refractivity contribution in [3.63, 3.8) is 0 Å². The number of hydrogen-bond donors (Lipinski definition) is 1. The summed E-state index contributed by atoms with van der Waals surface area (Å²) in [4.78, 5) is 0. The van der Waals surface area contributed by atoms with Crippen molar-refractivity contribution in [2.45, 2.75) is 25.1 Å². The van der Waals surface area contributed by atoms with Gasteiger partial charge in [0.1, 0.15) is 0 Å².